The Hall–Kier alpha value is -0.920. The van der Waals surface area contributed by atoms with E-state index in [2.05, 4.69) is 4.72 Å². The standard InChI is InChI=1S/C11H17NO4S2/c1-4-9(7(2)3)12-18(15,16)10-5-8(6-17-10)11(13)14/h5-7,9,12H,4H2,1-3H3,(H,13,14). The maximum atomic E-state index is 12.0. The van der Waals surface area contributed by atoms with E-state index in [0.29, 0.717) is 6.42 Å². The summed E-state index contributed by atoms with van der Waals surface area (Å²) in [6.45, 7) is 5.78. The van der Waals surface area contributed by atoms with E-state index < -0.39 is 16.0 Å². The lowest BCUT2D eigenvalue weighted by Gasteiger charge is -2.19. The van der Waals surface area contributed by atoms with Crippen LogP contribution in [0.5, 0.6) is 0 Å². The van der Waals surface area contributed by atoms with Gasteiger partial charge in [-0.05, 0) is 18.4 Å². The molecular formula is C11H17NO4S2. The van der Waals surface area contributed by atoms with Gasteiger partial charge in [0.05, 0.1) is 5.56 Å². The number of nitrogens with one attached hydrogen (secondary N) is 1. The minimum Gasteiger partial charge on any atom is -0.478 e. The van der Waals surface area contributed by atoms with Gasteiger partial charge in [-0.25, -0.2) is 17.9 Å². The third kappa shape index (κ3) is 3.54. The second-order valence-electron chi connectivity index (χ2n) is 4.34. The van der Waals surface area contributed by atoms with Gasteiger partial charge in [-0.15, -0.1) is 11.3 Å². The molecule has 0 bridgehead atoms. The third-order valence-electron chi connectivity index (χ3n) is 2.64. The number of aromatic carboxylic acids is 1. The molecular weight excluding hydrogens is 274 g/mol. The fourth-order valence-electron chi connectivity index (χ4n) is 1.52. The van der Waals surface area contributed by atoms with Crippen LogP contribution >= 0.6 is 11.3 Å². The van der Waals surface area contributed by atoms with Crippen molar-refractivity contribution in [2.45, 2.75) is 37.4 Å². The zero-order valence-corrected chi connectivity index (χ0v) is 12.1. The SMILES string of the molecule is CCC(NS(=O)(=O)c1cc(C(=O)O)cs1)C(C)C. The Kier molecular flexibility index (Phi) is 4.89. The van der Waals surface area contributed by atoms with Gasteiger partial charge >= 0.3 is 5.97 Å². The lowest BCUT2D eigenvalue weighted by Crippen LogP contribution is -2.37. The Balaban J connectivity index is 2.95. The predicted molar refractivity (Wildman–Crippen MR) is 70.5 cm³/mol. The molecule has 0 aliphatic carbocycles. The fourth-order valence-corrected chi connectivity index (χ4v) is 4.16. The molecule has 0 aliphatic rings. The molecule has 102 valence electrons. The van der Waals surface area contributed by atoms with E-state index in [0.717, 1.165) is 11.3 Å². The zero-order valence-electron chi connectivity index (χ0n) is 10.5. The van der Waals surface area contributed by atoms with Crippen LogP contribution in [0.3, 0.4) is 0 Å². The van der Waals surface area contributed by atoms with Crippen LogP contribution in [0.15, 0.2) is 15.7 Å². The topological polar surface area (TPSA) is 83.5 Å². The highest BCUT2D eigenvalue weighted by Crippen LogP contribution is 2.21. The molecule has 0 fully saturated rings. The van der Waals surface area contributed by atoms with Crippen LogP contribution in [0.1, 0.15) is 37.6 Å². The molecule has 0 saturated carbocycles. The van der Waals surface area contributed by atoms with E-state index in [1.54, 1.807) is 0 Å². The summed E-state index contributed by atoms with van der Waals surface area (Å²) in [6.07, 6.45) is 0.689. The predicted octanol–water partition coefficient (Wildman–Crippen LogP) is 2.16. The third-order valence-corrected chi connectivity index (χ3v) is 5.57. The Bertz CT molecular complexity index is 519. The molecule has 0 amide bonds. The number of carboxylic acid groups (broad SMARTS) is 1. The first-order valence-electron chi connectivity index (χ1n) is 5.62. The van der Waals surface area contributed by atoms with Crippen molar-refractivity contribution in [3.05, 3.63) is 17.0 Å². The molecule has 1 aromatic rings. The molecule has 0 aromatic carbocycles. The number of hydrogen-bond donors (Lipinski definition) is 2. The van der Waals surface area contributed by atoms with E-state index in [4.69, 9.17) is 5.11 Å². The minimum absolute atomic E-state index is 0.00188. The largest absolute Gasteiger partial charge is 0.478 e. The lowest BCUT2D eigenvalue weighted by molar-refractivity contribution is 0.0697. The van der Waals surface area contributed by atoms with E-state index in [1.807, 2.05) is 20.8 Å². The summed E-state index contributed by atoms with van der Waals surface area (Å²) in [4.78, 5) is 10.7. The van der Waals surface area contributed by atoms with Gasteiger partial charge in [-0.1, -0.05) is 20.8 Å². The first kappa shape index (κ1) is 15.1. The number of hydrogen-bond acceptors (Lipinski definition) is 4. The minimum atomic E-state index is -3.62. The van der Waals surface area contributed by atoms with Crippen molar-refractivity contribution < 1.29 is 18.3 Å². The van der Waals surface area contributed by atoms with Gasteiger partial charge in [-0.3, -0.25) is 0 Å². The van der Waals surface area contributed by atoms with Gasteiger partial charge in [0.1, 0.15) is 4.21 Å². The Morgan fingerprint density at radius 1 is 1.50 bits per heavy atom. The van der Waals surface area contributed by atoms with Gasteiger partial charge < -0.3 is 5.11 Å². The van der Waals surface area contributed by atoms with Crippen molar-refractivity contribution in [3.63, 3.8) is 0 Å². The fraction of sp³-hybridized carbons (Fsp3) is 0.545. The Morgan fingerprint density at radius 3 is 2.50 bits per heavy atom. The van der Waals surface area contributed by atoms with Crippen LogP contribution in [-0.2, 0) is 10.0 Å². The van der Waals surface area contributed by atoms with Crippen LogP contribution in [0.2, 0.25) is 0 Å². The first-order chi connectivity index (χ1) is 8.27. The number of rotatable bonds is 6. The summed E-state index contributed by atoms with van der Waals surface area (Å²) >= 11 is 0.918. The van der Waals surface area contributed by atoms with Gasteiger partial charge in [0, 0.05) is 11.4 Å². The van der Waals surface area contributed by atoms with Gasteiger partial charge in [0.15, 0.2) is 0 Å². The van der Waals surface area contributed by atoms with Gasteiger partial charge in [-0.2, -0.15) is 0 Å². The van der Waals surface area contributed by atoms with Crippen LogP contribution in [0.25, 0.3) is 0 Å². The zero-order chi connectivity index (χ0) is 13.9. The van der Waals surface area contributed by atoms with E-state index >= 15 is 0 Å². The second kappa shape index (κ2) is 5.81. The Morgan fingerprint density at radius 2 is 2.11 bits per heavy atom. The number of thiophene rings is 1. The molecule has 1 unspecified atom stereocenters. The van der Waals surface area contributed by atoms with Crippen LogP contribution in [0, 0.1) is 5.92 Å². The molecule has 18 heavy (non-hydrogen) atoms. The molecule has 1 rings (SSSR count). The van der Waals surface area contributed by atoms with Crippen molar-refractivity contribution >= 4 is 27.3 Å². The number of carboxylic acids is 1. The summed E-state index contributed by atoms with van der Waals surface area (Å²) in [6, 6.07) is 1.04. The normalized spacial score (nSPS) is 13.8. The van der Waals surface area contributed by atoms with E-state index in [1.165, 1.54) is 11.4 Å². The highest BCUT2D eigenvalue weighted by Gasteiger charge is 2.23. The number of carbonyl (C=O) groups is 1. The van der Waals surface area contributed by atoms with Crippen molar-refractivity contribution in [1.29, 1.82) is 0 Å². The summed E-state index contributed by atoms with van der Waals surface area (Å²) in [5.74, 6) is -0.938. The molecule has 0 spiro atoms. The molecule has 5 nitrogen and oxygen atoms in total. The molecule has 1 aromatic heterocycles. The van der Waals surface area contributed by atoms with Crippen LogP contribution in [0.4, 0.5) is 0 Å². The summed E-state index contributed by atoms with van der Waals surface area (Å²) in [7, 11) is -3.62. The highest BCUT2D eigenvalue weighted by atomic mass is 32.2. The average Bonchev–Trinajstić information content (AvgIpc) is 2.75. The van der Waals surface area contributed by atoms with E-state index in [9.17, 15) is 13.2 Å². The molecule has 2 N–H and O–H groups in total. The van der Waals surface area contributed by atoms with Crippen molar-refractivity contribution in [3.8, 4) is 0 Å². The monoisotopic (exact) mass is 291 g/mol. The quantitative estimate of drug-likeness (QED) is 0.841. The molecule has 7 heteroatoms. The summed E-state index contributed by atoms with van der Waals surface area (Å²) in [5.41, 5.74) is -0.00188. The summed E-state index contributed by atoms with van der Waals surface area (Å²) in [5, 5.41) is 10.1. The lowest BCUT2D eigenvalue weighted by atomic mass is 10.0. The van der Waals surface area contributed by atoms with Crippen molar-refractivity contribution in [2.75, 3.05) is 0 Å². The smallest absolute Gasteiger partial charge is 0.336 e. The molecule has 0 radical (unpaired) electrons. The van der Waals surface area contributed by atoms with Crippen molar-refractivity contribution in [2.24, 2.45) is 5.92 Å². The molecule has 1 atom stereocenters. The van der Waals surface area contributed by atoms with Crippen LogP contribution < -0.4 is 4.72 Å². The van der Waals surface area contributed by atoms with Crippen LogP contribution in [-0.4, -0.2) is 25.5 Å². The number of sulfonamides is 1. The van der Waals surface area contributed by atoms with Gasteiger partial charge in [0.2, 0.25) is 10.0 Å². The maximum absolute atomic E-state index is 12.0. The second-order valence-corrected chi connectivity index (χ2v) is 7.19. The molecule has 0 saturated heterocycles. The average molecular weight is 291 g/mol. The van der Waals surface area contributed by atoms with E-state index in [-0.39, 0.29) is 21.7 Å². The summed E-state index contributed by atoms with van der Waals surface area (Å²) < 4.78 is 26.7. The highest BCUT2D eigenvalue weighted by molar-refractivity contribution is 7.91. The maximum Gasteiger partial charge on any atom is 0.336 e. The Labute approximate surface area is 111 Å². The molecule has 1 heterocycles. The first-order valence-corrected chi connectivity index (χ1v) is 7.98. The van der Waals surface area contributed by atoms with Gasteiger partial charge in [0.25, 0.3) is 0 Å². The molecule has 0 aliphatic heterocycles. The van der Waals surface area contributed by atoms with Crippen molar-refractivity contribution in [1.82, 2.24) is 4.72 Å².